The summed E-state index contributed by atoms with van der Waals surface area (Å²) in [4.78, 5) is 28.0. The summed E-state index contributed by atoms with van der Waals surface area (Å²) >= 11 is 0. The molecule has 0 bridgehead atoms. The minimum absolute atomic E-state index is 0.0581. The fraction of sp³-hybridized carbons (Fsp3) is 0.333. The summed E-state index contributed by atoms with van der Waals surface area (Å²) in [6.07, 6.45) is -0.742. The number of nitrogens with zero attached hydrogens (tertiary/aromatic N) is 4. The van der Waals surface area contributed by atoms with Gasteiger partial charge < -0.3 is 9.47 Å². The first kappa shape index (κ1) is 15.5. The van der Waals surface area contributed by atoms with Crippen LogP contribution in [0.2, 0.25) is 0 Å². The molecular formula is C12H15N5O5. The van der Waals surface area contributed by atoms with Gasteiger partial charge in [-0.25, -0.2) is 9.59 Å². The molecule has 10 nitrogen and oxygen atoms in total. The van der Waals surface area contributed by atoms with Gasteiger partial charge in [0.05, 0.1) is 19.9 Å². The molecule has 1 N–H and O–H groups in total. The number of hydrogen-bond donors (Lipinski definition) is 1. The summed E-state index contributed by atoms with van der Waals surface area (Å²) < 4.78 is 11.8. The van der Waals surface area contributed by atoms with Crippen LogP contribution >= 0.6 is 0 Å². The second-order valence-electron chi connectivity index (χ2n) is 4.14. The maximum absolute atomic E-state index is 12.0. The molecule has 10 heteroatoms. The van der Waals surface area contributed by atoms with Crippen LogP contribution in [0.4, 0.5) is 4.79 Å². The van der Waals surface area contributed by atoms with Crippen LogP contribution in [0.3, 0.4) is 0 Å². The number of aryl methyl sites for hydroxylation is 1. The summed E-state index contributed by atoms with van der Waals surface area (Å²) in [5, 5.41) is 7.43. The Bertz CT molecular complexity index is 723. The number of nitrogens with one attached hydrogen (secondary N) is 1. The van der Waals surface area contributed by atoms with E-state index in [1.807, 2.05) is 0 Å². The van der Waals surface area contributed by atoms with E-state index in [4.69, 9.17) is 9.57 Å². The zero-order chi connectivity index (χ0) is 16.1. The van der Waals surface area contributed by atoms with Gasteiger partial charge in [-0.05, 0) is 22.6 Å². The number of rotatable bonds is 5. The SMILES string of the molecule is COC(=O)NOCc1c(OC)cccc1-n1nnn(C)c1=O. The number of benzene rings is 1. The van der Waals surface area contributed by atoms with E-state index in [1.165, 1.54) is 21.3 Å². The molecule has 0 aliphatic rings. The monoisotopic (exact) mass is 309 g/mol. The van der Waals surface area contributed by atoms with E-state index in [1.54, 1.807) is 18.2 Å². The number of hydroxylamine groups is 1. The highest BCUT2D eigenvalue weighted by Gasteiger charge is 2.15. The van der Waals surface area contributed by atoms with Crippen molar-refractivity contribution in [1.29, 1.82) is 0 Å². The van der Waals surface area contributed by atoms with E-state index in [9.17, 15) is 9.59 Å². The molecule has 0 spiro atoms. The van der Waals surface area contributed by atoms with Crippen LogP contribution in [0.1, 0.15) is 5.56 Å². The third-order valence-corrected chi connectivity index (χ3v) is 2.84. The lowest BCUT2D eigenvalue weighted by atomic mass is 10.1. The van der Waals surface area contributed by atoms with Crippen molar-refractivity contribution in [2.24, 2.45) is 7.05 Å². The molecule has 1 heterocycles. The Kier molecular flexibility index (Phi) is 4.73. The molecule has 2 aromatic rings. The summed E-state index contributed by atoms with van der Waals surface area (Å²) in [7, 11) is 4.18. The molecule has 2 rings (SSSR count). The molecule has 1 aromatic heterocycles. The molecule has 1 amide bonds. The average Bonchev–Trinajstić information content (AvgIpc) is 2.86. The maximum Gasteiger partial charge on any atom is 0.431 e. The van der Waals surface area contributed by atoms with Crippen LogP contribution in [0.25, 0.3) is 5.69 Å². The van der Waals surface area contributed by atoms with Gasteiger partial charge in [-0.2, -0.15) is 14.8 Å². The lowest BCUT2D eigenvalue weighted by Gasteiger charge is -2.13. The van der Waals surface area contributed by atoms with E-state index in [0.29, 0.717) is 17.0 Å². The highest BCUT2D eigenvalue weighted by Crippen LogP contribution is 2.24. The Balaban J connectivity index is 2.36. The second-order valence-corrected chi connectivity index (χ2v) is 4.14. The van der Waals surface area contributed by atoms with E-state index < -0.39 is 11.8 Å². The predicted molar refractivity (Wildman–Crippen MR) is 73.5 cm³/mol. The normalized spacial score (nSPS) is 10.3. The van der Waals surface area contributed by atoms with Crippen LogP contribution in [-0.2, 0) is 23.2 Å². The van der Waals surface area contributed by atoms with Crippen molar-refractivity contribution in [2.75, 3.05) is 14.2 Å². The molecular weight excluding hydrogens is 294 g/mol. The molecule has 1 aromatic carbocycles. The maximum atomic E-state index is 12.0. The molecule has 22 heavy (non-hydrogen) atoms. The van der Waals surface area contributed by atoms with Gasteiger partial charge in [-0.1, -0.05) is 6.07 Å². The fourth-order valence-corrected chi connectivity index (χ4v) is 1.76. The molecule has 0 aliphatic heterocycles. The third-order valence-electron chi connectivity index (χ3n) is 2.84. The summed E-state index contributed by atoms with van der Waals surface area (Å²) in [5.74, 6) is 0.474. The van der Waals surface area contributed by atoms with Crippen molar-refractivity contribution < 1.29 is 19.1 Å². The van der Waals surface area contributed by atoms with Gasteiger partial charge >= 0.3 is 11.8 Å². The van der Waals surface area contributed by atoms with Crippen molar-refractivity contribution in [3.05, 3.63) is 34.2 Å². The fourth-order valence-electron chi connectivity index (χ4n) is 1.76. The van der Waals surface area contributed by atoms with Crippen molar-refractivity contribution in [2.45, 2.75) is 6.61 Å². The lowest BCUT2D eigenvalue weighted by Crippen LogP contribution is -2.25. The van der Waals surface area contributed by atoms with Crippen LogP contribution in [0, 0.1) is 0 Å². The van der Waals surface area contributed by atoms with E-state index >= 15 is 0 Å². The van der Waals surface area contributed by atoms with Crippen LogP contribution in [0.15, 0.2) is 23.0 Å². The Morgan fingerprint density at radius 1 is 1.32 bits per heavy atom. The zero-order valence-corrected chi connectivity index (χ0v) is 12.3. The Morgan fingerprint density at radius 3 is 2.68 bits per heavy atom. The standard InChI is InChI=1S/C12H15N5O5/c1-16-12(19)17(15-14-16)9-5-4-6-10(20-2)8(9)7-22-13-11(18)21-3/h4-6H,7H2,1-3H3,(H,13,18). The van der Waals surface area contributed by atoms with E-state index in [2.05, 4.69) is 20.6 Å². The second kappa shape index (κ2) is 6.72. The van der Waals surface area contributed by atoms with Gasteiger partial charge in [0.2, 0.25) is 0 Å². The van der Waals surface area contributed by atoms with Crippen molar-refractivity contribution in [3.63, 3.8) is 0 Å². The Hall–Kier alpha value is -2.88. The van der Waals surface area contributed by atoms with Gasteiger partial charge in [0, 0.05) is 12.6 Å². The Labute approximate surface area is 125 Å². The topological polar surface area (TPSA) is 110 Å². The molecule has 118 valence electrons. The first-order chi connectivity index (χ1) is 10.6. The quantitative estimate of drug-likeness (QED) is 0.759. The molecule has 0 fully saturated rings. The van der Waals surface area contributed by atoms with Gasteiger partial charge in [0.25, 0.3) is 0 Å². The van der Waals surface area contributed by atoms with Gasteiger partial charge in [-0.15, -0.1) is 0 Å². The lowest BCUT2D eigenvalue weighted by molar-refractivity contribution is 0.0242. The van der Waals surface area contributed by atoms with E-state index in [0.717, 1.165) is 9.36 Å². The first-order valence-electron chi connectivity index (χ1n) is 6.19. The number of methoxy groups -OCH3 is 2. The number of aromatic nitrogens is 4. The largest absolute Gasteiger partial charge is 0.496 e. The highest BCUT2D eigenvalue weighted by atomic mass is 16.7. The third kappa shape index (κ3) is 3.06. The molecule has 0 atom stereocenters. The number of ether oxygens (including phenoxy) is 2. The van der Waals surface area contributed by atoms with Crippen LogP contribution in [-0.4, -0.2) is 40.1 Å². The number of carbonyl (C=O) groups excluding carboxylic acids is 1. The number of carbonyl (C=O) groups is 1. The van der Waals surface area contributed by atoms with Crippen LogP contribution < -0.4 is 15.9 Å². The average molecular weight is 309 g/mol. The van der Waals surface area contributed by atoms with Crippen molar-refractivity contribution in [3.8, 4) is 11.4 Å². The van der Waals surface area contributed by atoms with Gasteiger partial charge in [0.15, 0.2) is 0 Å². The van der Waals surface area contributed by atoms with Gasteiger partial charge in [0.1, 0.15) is 12.4 Å². The van der Waals surface area contributed by atoms with Crippen LogP contribution in [0.5, 0.6) is 5.75 Å². The molecule has 0 aliphatic carbocycles. The summed E-state index contributed by atoms with van der Waals surface area (Å²) in [5.41, 5.74) is 2.62. The molecule has 0 saturated carbocycles. The minimum atomic E-state index is -0.742. The molecule has 0 radical (unpaired) electrons. The smallest absolute Gasteiger partial charge is 0.431 e. The minimum Gasteiger partial charge on any atom is -0.496 e. The predicted octanol–water partition coefficient (Wildman–Crippen LogP) is -0.238. The molecule has 0 saturated heterocycles. The summed E-state index contributed by atoms with van der Waals surface area (Å²) in [6.45, 7) is -0.0581. The van der Waals surface area contributed by atoms with Crippen molar-refractivity contribution >= 4 is 6.09 Å². The number of hydrogen-bond acceptors (Lipinski definition) is 7. The van der Waals surface area contributed by atoms with Gasteiger partial charge in [-0.3, -0.25) is 4.84 Å². The van der Waals surface area contributed by atoms with Crippen molar-refractivity contribution in [1.82, 2.24) is 25.3 Å². The Morgan fingerprint density at radius 2 is 2.09 bits per heavy atom. The van der Waals surface area contributed by atoms with E-state index in [-0.39, 0.29) is 6.61 Å². The number of tetrazole rings is 1. The molecule has 0 unspecified atom stereocenters. The zero-order valence-electron chi connectivity index (χ0n) is 12.3. The number of amides is 1. The summed E-state index contributed by atoms with van der Waals surface area (Å²) in [6, 6.07) is 5.06. The highest BCUT2D eigenvalue weighted by molar-refractivity contribution is 5.65. The first-order valence-corrected chi connectivity index (χ1v) is 6.19.